The summed E-state index contributed by atoms with van der Waals surface area (Å²) >= 11 is 0. The third kappa shape index (κ3) is 5.74. The number of β-amino-alcohol motifs (C(OH)–C–C–N with tert-alkyl or cyclic N) is 1. The van der Waals surface area contributed by atoms with Gasteiger partial charge in [0.05, 0.1) is 6.10 Å². The molecule has 0 bridgehead atoms. The van der Waals surface area contributed by atoms with Gasteiger partial charge in [-0.2, -0.15) is 0 Å². The van der Waals surface area contributed by atoms with Crippen LogP contribution in [-0.4, -0.2) is 91.9 Å². The number of piperidine rings is 1. The lowest BCUT2D eigenvalue weighted by molar-refractivity contribution is 0.0682. The molecule has 0 aliphatic carbocycles. The molecule has 0 spiro atoms. The first-order valence-corrected chi connectivity index (χ1v) is 12.9. The number of nitrogens with zero attached hydrogens (tertiary/aromatic N) is 4. The van der Waals surface area contributed by atoms with Crippen LogP contribution in [0.15, 0.2) is 42.5 Å². The van der Waals surface area contributed by atoms with Crippen molar-refractivity contribution in [2.45, 2.75) is 44.6 Å². The summed E-state index contributed by atoms with van der Waals surface area (Å²) in [6.45, 7) is 8.40. The number of benzene rings is 2. The molecule has 0 amide bonds. The molecule has 1 saturated heterocycles. The monoisotopic (exact) mass is 464 g/mol. The van der Waals surface area contributed by atoms with Gasteiger partial charge in [0.25, 0.3) is 0 Å². The van der Waals surface area contributed by atoms with Gasteiger partial charge in [-0.1, -0.05) is 30.3 Å². The lowest BCUT2D eigenvalue weighted by Gasteiger charge is -2.32. The van der Waals surface area contributed by atoms with Crippen LogP contribution in [0.4, 0.5) is 5.69 Å². The van der Waals surface area contributed by atoms with Gasteiger partial charge in [0.2, 0.25) is 0 Å². The molecule has 3 heterocycles. The van der Waals surface area contributed by atoms with E-state index in [9.17, 15) is 5.11 Å². The Morgan fingerprint density at radius 3 is 2.35 bits per heavy atom. The second-order valence-electron chi connectivity index (χ2n) is 10.5. The van der Waals surface area contributed by atoms with E-state index in [1.807, 2.05) is 0 Å². The molecule has 0 saturated carbocycles. The molecular formula is C28H40N4O2. The standard InChI is InChI=1S/C28H40N4O2/c1-29-12-10-26(11-13-29)34-27-8-7-24-19-32(16-15-30(2)28(24)17-27)21-25(33)20-31-14-9-22-5-3-4-6-23(22)18-31/h3-8,17,25-26,33H,9-16,18-21H2,1-2H3/t25-/m1/s1. The molecule has 1 N–H and O–H groups in total. The summed E-state index contributed by atoms with van der Waals surface area (Å²) in [5.74, 6) is 0.985. The van der Waals surface area contributed by atoms with Crippen LogP contribution in [0.25, 0.3) is 0 Å². The maximum absolute atomic E-state index is 10.9. The molecule has 34 heavy (non-hydrogen) atoms. The van der Waals surface area contributed by atoms with Crippen molar-refractivity contribution in [2.24, 2.45) is 0 Å². The second-order valence-corrected chi connectivity index (χ2v) is 10.5. The molecule has 6 nitrogen and oxygen atoms in total. The highest BCUT2D eigenvalue weighted by molar-refractivity contribution is 5.57. The fourth-order valence-corrected chi connectivity index (χ4v) is 5.65. The average molecular weight is 465 g/mol. The molecule has 6 heteroatoms. The van der Waals surface area contributed by atoms with Gasteiger partial charge in [0.1, 0.15) is 11.9 Å². The normalized spacial score (nSPS) is 21.6. The fourth-order valence-electron chi connectivity index (χ4n) is 5.65. The van der Waals surface area contributed by atoms with E-state index in [2.05, 4.69) is 76.2 Å². The van der Waals surface area contributed by atoms with E-state index >= 15 is 0 Å². The van der Waals surface area contributed by atoms with Gasteiger partial charge in [-0.3, -0.25) is 9.80 Å². The predicted octanol–water partition coefficient (Wildman–Crippen LogP) is 2.83. The molecule has 0 aromatic heterocycles. The Morgan fingerprint density at radius 1 is 0.853 bits per heavy atom. The van der Waals surface area contributed by atoms with Crippen molar-refractivity contribution in [3.05, 3.63) is 59.2 Å². The molecule has 0 radical (unpaired) electrons. The number of aliphatic hydroxyl groups is 1. The van der Waals surface area contributed by atoms with Crippen molar-refractivity contribution in [1.82, 2.24) is 14.7 Å². The third-order valence-corrected chi connectivity index (χ3v) is 7.73. The third-order valence-electron chi connectivity index (χ3n) is 7.73. The van der Waals surface area contributed by atoms with Crippen molar-refractivity contribution >= 4 is 5.69 Å². The number of hydrogen-bond donors (Lipinski definition) is 1. The van der Waals surface area contributed by atoms with E-state index in [-0.39, 0.29) is 6.10 Å². The van der Waals surface area contributed by atoms with Crippen LogP contribution in [0.2, 0.25) is 0 Å². The minimum Gasteiger partial charge on any atom is -0.490 e. The highest BCUT2D eigenvalue weighted by Crippen LogP contribution is 2.30. The summed E-state index contributed by atoms with van der Waals surface area (Å²) in [4.78, 5) is 9.52. The Labute approximate surface area is 204 Å². The average Bonchev–Trinajstić information content (AvgIpc) is 2.99. The van der Waals surface area contributed by atoms with E-state index in [1.165, 1.54) is 22.4 Å². The van der Waals surface area contributed by atoms with Crippen molar-refractivity contribution in [3.63, 3.8) is 0 Å². The van der Waals surface area contributed by atoms with Gasteiger partial charge >= 0.3 is 0 Å². The van der Waals surface area contributed by atoms with E-state index in [0.717, 1.165) is 77.4 Å². The number of fused-ring (bicyclic) bond motifs is 2. The Hall–Kier alpha value is -2.12. The van der Waals surface area contributed by atoms with Crippen LogP contribution in [0.1, 0.15) is 29.5 Å². The van der Waals surface area contributed by atoms with Gasteiger partial charge < -0.3 is 19.6 Å². The molecule has 184 valence electrons. The van der Waals surface area contributed by atoms with Gasteiger partial charge in [-0.15, -0.1) is 0 Å². The lowest BCUT2D eigenvalue weighted by Crippen LogP contribution is -2.42. The maximum atomic E-state index is 10.9. The van der Waals surface area contributed by atoms with Crippen molar-refractivity contribution in [2.75, 3.05) is 64.8 Å². The quantitative estimate of drug-likeness (QED) is 0.709. The number of hydrogen-bond acceptors (Lipinski definition) is 6. The topological polar surface area (TPSA) is 42.4 Å². The van der Waals surface area contributed by atoms with Gasteiger partial charge in [-0.05, 0) is 49.1 Å². The van der Waals surface area contributed by atoms with E-state index in [4.69, 9.17) is 4.74 Å². The van der Waals surface area contributed by atoms with Crippen LogP contribution in [-0.2, 0) is 19.5 Å². The molecule has 1 atom stereocenters. The SMILES string of the molecule is CN1CCC(Oc2ccc3c(c2)N(C)CCN(C[C@H](O)CN2CCc4ccccc4C2)C3)CC1. The van der Waals surface area contributed by atoms with Gasteiger partial charge in [0, 0.05) is 77.7 Å². The molecular weight excluding hydrogens is 424 g/mol. The zero-order valence-corrected chi connectivity index (χ0v) is 20.8. The molecule has 2 aromatic carbocycles. The summed E-state index contributed by atoms with van der Waals surface area (Å²) in [6.07, 6.45) is 3.24. The highest BCUT2D eigenvalue weighted by atomic mass is 16.5. The Bertz CT molecular complexity index is 959. The van der Waals surface area contributed by atoms with E-state index < -0.39 is 0 Å². The van der Waals surface area contributed by atoms with Crippen LogP contribution < -0.4 is 9.64 Å². The van der Waals surface area contributed by atoms with Crippen LogP contribution in [0.5, 0.6) is 5.75 Å². The van der Waals surface area contributed by atoms with E-state index in [1.54, 1.807) is 0 Å². The van der Waals surface area contributed by atoms with Crippen molar-refractivity contribution < 1.29 is 9.84 Å². The summed E-state index contributed by atoms with van der Waals surface area (Å²) in [5.41, 5.74) is 5.44. The first-order chi connectivity index (χ1) is 16.5. The maximum Gasteiger partial charge on any atom is 0.121 e. The van der Waals surface area contributed by atoms with Crippen molar-refractivity contribution in [1.29, 1.82) is 0 Å². The van der Waals surface area contributed by atoms with Crippen molar-refractivity contribution in [3.8, 4) is 5.75 Å². The van der Waals surface area contributed by atoms with Gasteiger partial charge in [0.15, 0.2) is 0 Å². The van der Waals surface area contributed by atoms with Crippen LogP contribution in [0, 0.1) is 0 Å². The number of likely N-dealkylation sites (tertiary alicyclic amines) is 1. The Balaban J connectivity index is 1.17. The zero-order valence-electron chi connectivity index (χ0n) is 20.8. The summed E-state index contributed by atoms with van der Waals surface area (Å²) in [5, 5.41) is 10.9. The predicted molar refractivity (Wildman–Crippen MR) is 138 cm³/mol. The van der Waals surface area contributed by atoms with E-state index in [0.29, 0.717) is 12.6 Å². The molecule has 3 aliphatic rings. The number of ether oxygens (including phenoxy) is 1. The number of likely N-dealkylation sites (N-methyl/N-ethyl adjacent to an activating group) is 1. The number of anilines is 1. The van der Waals surface area contributed by atoms with Crippen LogP contribution in [0.3, 0.4) is 0 Å². The second kappa shape index (κ2) is 10.6. The fraction of sp³-hybridized carbons (Fsp3) is 0.571. The first kappa shape index (κ1) is 23.6. The largest absolute Gasteiger partial charge is 0.490 e. The Morgan fingerprint density at radius 2 is 1.56 bits per heavy atom. The molecule has 5 rings (SSSR count). The zero-order chi connectivity index (χ0) is 23.5. The van der Waals surface area contributed by atoms with Crippen LogP contribution >= 0.6 is 0 Å². The minimum absolute atomic E-state index is 0.318. The minimum atomic E-state index is -0.343. The summed E-state index contributed by atoms with van der Waals surface area (Å²) in [7, 11) is 4.35. The summed E-state index contributed by atoms with van der Waals surface area (Å²) in [6, 6.07) is 15.3. The molecule has 3 aliphatic heterocycles. The summed E-state index contributed by atoms with van der Waals surface area (Å²) < 4.78 is 6.35. The van der Waals surface area contributed by atoms with Gasteiger partial charge in [-0.25, -0.2) is 0 Å². The molecule has 2 aromatic rings. The molecule has 1 fully saturated rings. The highest BCUT2D eigenvalue weighted by Gasteiger charge is 2.24. The smallest absolute Gasteiger partial charge is 0.121 e. The lowest BCUT2D eigenvalue weighted by atomic mass is 10.00. The first-order valence-electron chi connectivity index (χ1n) is 12.9. The Kier molecular flexibility index (Phi) is 7.40. The molecule has 0 unspecified atom stereocenters. The number of rotatable bonds is 6. The number of aliphatic hydroxyl groups excluding tert-OH is 1.